The number of carbonyl (C=O) groups is 2. The molecule has 1 aliphatic rings. The van der Waals surface area contributed by atoms with E-state index in [1.165, 1.54) is 29.5 Å². The normalized spacial score (nSPS) is 14.2. The number of carbonyl (C=O) groups excluding carboxylic acids is 2. The molecule has 2 heterocycles. The summed E-state index contributed by atoms with van der Waals surface area (Å²) in [6, 6.07) is 23.8. The Morgan fingerprint density at radius 2 is 1.52 bits per heavy atom. The Bertz CT molecular complexity index is 1460. The standard InChI is InChI=1S/C24H17N3O4S2/c28-22(14-27-23(29)19-8-4-5-9-21(19)33(27,30)31)26-24-25-20(15-32-24)18-12-10-17(11-13-18)16-6-2-1-3-7-16/h1-13,15H,14H2,(H,25,26,28). The van der Waals surface area contributed by atoms with E-state index in [4.69, 9.17) is 0 Å². The third kappa shape index (κ3) is 3.92. The summed E-state index contributed by atoms with van der Waals surface area (Å²) in [5.41, 5.74) is 3.84. The molecule has 0 atom stereocenters. The van der Waals surface area contributed by atoms with Crippen molar-refractivity contribution in [1.29, 1.82) is 0 Å². The molecule has 0 spiro atoms. The molecule has 0 saturated heterocycles. The summed E-state index contributed by atoms with van der Waals surface area (Å²) in [5.74, 6) is -1.35. The van der Waals surface area contributed by atoms with Gasteiger partial charge in [0.1, 0.15) is 11.4 Å². The first kappa shape index (κ1) is 21.0. The van der Waals surface area contributed by atoms with Crippen molar-refractivity contribution in [3.05, 3.63) is 89.8 Å². The molecule has 33 heavy (non-hydrogen) atoms. The van der Waals surface area contributed by atoms with E-state index in [0.29, 0.717) is 15.1 Å². The van der Waals surface area contributed by atoms with Gasteiger partial charge in [-0.15, -0.1) is 11.3 Å². The zero-order valence-corrected chi connectivity index (χ0v) is 18.8. The highest BCUT2D eigenvalue weighted by Gasteiger charge is 2.41. The fraction of sp³-hybridized carbons (Fsp3) is 0.0417. The van der Waals surface area contributed by atoms with Crippen LogP contribution in [0.25, 0.3) is 22.4 Å². The summed E-state index contributed by atoms with van der Waals surface area (Å²) in [5, 5.41) is 4.72. The molecule has 164 valence electrons. The third-order valence-electron chi connectivity index (χ3n) is 5.24. The van der Waals surface area contributed by atoms with Crippen molar-refractivity contribution in [2.45, 2.75) is 4.90 Å². The van der Waals surface area contributed by atoms with Crippen LogP contribution < -0.4 is 5.32 Å². The van der Waals surface area contributed by atoms with Crippen molar-refractivity contribution in [2.24, 2.45) is 0 Å². The van der Waals surface area contributed by atoms with Gasteiger partial charge in [-0.2, -0.15) is 0 Å². The topological polar surface area (TPSA) is 96.4 Å². The van der Waals surface area contributed by atoms with E-state index in [1.807, 2.05) is 54.6 Å². The van der Waals surface area contributed by atoms with Gasteiger partial charge in [0.2, 0.25) is 5.91 Å². The lowest BCUT2D eigenvalue weighted by Gasteiger charge is -2.13. The smallest absolute Gasteiger partial charge is 0.269 e. The average Bonchev–Trinajstić information content (AvgIpc) is 3.37. The summed E-state index contributed by atoms with van der Waals surface area (Å²) in [6.45, 7) is -0.615. The maximum absolute atomic E-state index is 12.6. The second-order valence-corrected chi connectivity index (χ2v) is 10.0. The Labute approximate surface area is 194 Å². The monoisotopic (exact) mass is 475 g/mol. The van der Waals surface area contributed by atoms with Crippen LogP contribution in [0.2, 0.25) is 0 Å². The number of aromatic nitrogens is 1. The molecule has 0 unspecified atom stereocenters. The molecule has 0 saturated carbocycles. The summed E-state index contributed by atoms with van der Waals surface area (Å²) in [4.78, 5) is 29.3. The molecule has 1 N–H and O–H groups in total. The number of hydrogen-bond donors (Lipinski definition) is 1. The van der Waals surface area contributed by atoms with E-state index in [2.05, 4.69) is 10.3 Å². The molecule has 1 aliphatic heterocycles. The fourth-order valence-electron chi connectivity index (χ4n) is 3.60. The predicted octanol–water partition coefficient (Wildman–Crippen LogP) is 4.26. The Morgan fingerprint density at radius 3 is 2.24 bits per heavy atom. The molecular weight excluding hydrogens is 458 g/mol. The summed E-state index contributed by atoms with van der Waals surface area (Å²) in [6.07, 6.45) is 0. The highest BCUT2D eigenvalue weighted by Crippen LogP contribution is 2.30. The van der Waals surface area contributed by atoms with Crippen LogP contribution in [-0.2, 0) is 14.8 Å². The number of benzene rings is 3. The molecule has 0 aliphatic carbocycles. The first-order chi connectivity index (χ1) is 15.9. The third-order valence-corrected chi connectivity index (χ3v) is 7.78. The molecule has 9 heteroatoms. The van der Waals surface area contributed by atoms with Crippen molar-refractivity contribution in [3.63, 3.8) is 0 Å². The highest BCUT2D eigenvalue weighted by molar-refractivity contribution is 7.90. The second kappa shape index (κ2) is 8.27. The summed E-state index contributed by atoms with van der Waals surface area (Å²) < 4.78 is 25.8. The van der Waals surface area contributed by atoms with Gasteiger partial charge in [-0.05, 0) is 23.3 Å². The van der Waals surface area contributed by atoms with E-state index in [1.54, 1.807) is 11.4 Å². The number of sulfonamides is 1. The molecule has 0 radical (unpaired) electrons. The lowest BCUT2D eigenvalue weighted by atomic mass is 10.0. The number of amides is 2. The van der Waals surface area contributed by atoms with Gasteiger partial charge in [0.25, 0.3) is 15.9 Å². The number of anilines is 1. The van der Waals surface area contributed by atoms with E-state index in [-0.39, 0.29) is 10.5 Å². The van der Waals surface area contributed by atoms with Crippen LogP contribution in [0.15, 0.2) is 89.1 Å². The molecule has 5 rings (SSSR count). The fourth-order valence-corrected chi connectivity index (χ4v) is 5.87. The van der Waals surface area contributed by atoms with Gasteiger partial charge in [0.05, 0.1) is 11.3 Å². The van der Waals surface area contributed by atoms with Crippen molar-refractivity contribution >= 4 is 38.3 Å². The number of nitrogens with zero attached hydrogens (tertiary/aromatic N) is 2. The lowest BCUT2D eigenvalue weighted by molar-refractivity contribution is -0.116. The van der Waals surface area contributed by atoms with Gasteiger partial charge in [0, 0.05) is 10.9 Å². The Morgan fingerprint density at radius 1 is 0.879 bits per heavy atom. The molecule has 0 fully saturated rings. The number of rotatable bonds is 5. The molecule has 7 nitrogen and oxygen atoms in total. The van der Waals surface area contributed by atoms with Gasteiger partial charge in [-0.1, -0.05) is 66.7 Å². The van der Waals surface area contributed by atoms with Crippen molar-refractivity contribution < 1.29 is 18.0 Å². The maximum Gasteiger partial charge on any atom is 0.269 e. The van der Waals surface area contributed by atoms with Crippen LogP contribution in [-0.4, -0.2) is 36.1 Å². The minimum atomic E-state index is -4.04. The predicted molar refractivity (Wildman–Crippen MR) is 126 cm³/mol. The SMILES string of the molecule is O=C(CN1C(=O)c2ccccc2S1(=O)=O)Nc1nc(-c2ccc(-c3ccccc3)cc2)cs1. The average molecular weight is 476 g/mol. The van der Waals surface area contributed by atoms with E-state index < -0.39 is 28.4 Å². The maximum atomic E-state index is 12.6. The molecule has 2 amide bonds. The van der Waals surface area contributed by atoms with Crippen LogP contribution in [0.5, 0.6) is 0 Å². The molecule has 1 aromatic heterocycles. The van der Waals surface area contributed by atoms with E-state index in [0.717, 1.165) is 16.7 Å². The quantitative estimate of drug-likeness (QED) is 0.465. The summed E-state index contributed by atoms with van der Waals surface area (Å²) in [7, 11) is -4.04. The van der Waals surface area contributed by atoms with Gasteiger partial charge in [-0.3, -0.25) is 9.59 Å². The number of hydrogen-bond acceptors (Lipinski definition) is 6. The van der Waals surface area contributed by atoms with E-state index in [9.17, 15) is 18.0 Å². The van der Waals surface area contributed by atoms with Gasteiger partial charge >= 0.3 is 0 Å². The van der Waals surface area contributed by atoms with Gasteiger partial charge in [-0.25, -0.2) is 17.7 Å². The minimum Gasteiger partial charge on any atom is -0.300 e. The number of fused-ring (bicyclic) bond motifs is 1. The van der Waals surface area contributed by atoms with Crippen molar-refractivity contribution in [3.8, 4) is 22.4 Å². The Balaban J connectivity index is 1.28. The number of nitrogens with one attached hydrogen (secondary N) is 1. The molecular formula is C24H17N3O4S2. The van der Waals surface area contributed by atoms with Crippen LogP contribution in [0.1, 0.15) is 10.4 Å². The molecule has 3 aromatic carbocycles. The zero-order chi connectivity index (χ0) is 23.0. The first-order valence-electron chi connectivity index (χ1n) is 10.0. The van der Waals surface area contributed by atoms with Gasteiger partial charge in [0.15, 0.2) is 5.13 Å². The van der Waals surface area contributed by atoms with Crippen LogP contribution in [0.3, 0.4) is 0 Å². The first-order valence-corrected chi connectivity index (χ1v) is 12.3. The zero-order valence-electron chi connectivity index (χ0n) is 17.1. The lowest BCUT2D eigenvalue weighted by Crippen LogP contribution is -2.37. The van der Waals surface area contributed by atoms with Gasteiger partial charge < -0.3 is 5.32 Å². The Hall–Kier alpha value is -3.82. The largest absolute Gasteiger partial charge is 0.300 e. The summed E-state index contributed by atoms with van der Waals surface area (Å²) >= 11 is 1.22. The van der Waals surface area contributed by atoms with Crippen LogP contribution in [0.4, 0.5) is 5.13 Å². The van der Waals surface area contributed by atoms with E-state index >= 15 is 0 Å². The second-order valence-electron chi connectivity index (χ2n) is 7.34. The minimum absolute atomic E-state index is 0.0702. The highest BCUT2D eigenvalue weighted by atomic mass is 32.2. The number of thiazole rings is 1. The molecule has 4 aromatic rings. The Kier molecular flexibility index (Phi) is 5.27. The van der Waals surface area contributed by atoms with Crippen LogP contribution >= 0.6 is 11.3 Å². The molecule has 0 bridgehead atoms. The van der Waals surface area contributed by atoms with Crippen LogP contribution in [0, 0.1) is 0 Å². The van der Waals surface area contributed by atoms with Crippen molar-refractivity contribution in [2.75, 3.05) is 11.9 Å². The van der Waals surface area contributed by atoms with Crippen molar-refractivity contribution in [1.82, 2.24) is 9.29 Å².